The second-order valence-electron chi connectivity index (χ2n) is 5.07. The van der Waals surface area contributed by atoms with E-state index in [1.165, 1.54) is 0 Å². The van der Waals surface area contributed by atoms with Gasteiger partial charge in [-0.1, -0.05) is 0 Å². The van der Waals surface area contributed by atoms with E-state index >= 15 is 0 Å². The standard InChI is InChI=1S/C13H19N3O3/c1-15(7-8-16-6-2-5-14-16)12(17)10-3-4-11(9-10)13(18)19/h2,5-6,10-11H,3-4,7-9H2,1H3,(H,18,19)/t10-,11+/m1/s1. The highest BCUT2D eigenvalue weighted by atomic mass is 16.4. The molecule has 19 heavy (non-hydrogen) atoms. The van der Waals surface area contributed by atoms with E-state index in [9.17, 15) is 9.59 Å². The van der Waals surface area contributed by atoms with Crippen LogP contribution in [0.5, 0.6) is 0 Å². The molecule has 0 unspecified atom stereocenters. The van der Waals surface area contributed by atoms with E-state index in [-0.39, 0.29) is 17.7 Å². The zero-order chi connectivity index (χ0) is 13.8. The van der Waals surface area contributed by atoms with Crippen LogP contribution >= 0.6 is 0 Å². The van der Waals surface area contributed by atoms with Crippen LogP contribution in [0.2, 0.25) is 0 Å². The lowest BCUT2D eigenvalue weighted by Crippen LogP contribution is -2.34. The summed E-state index contributed by atoms with van der Waals surface area (Å²) in [5.74, 6) is -1.22. The van der Waals surface area contributed by atoms with Crippen LogP contribution in [-0.2, 0) is 16.1 Å². The first-order valence-electron chi connectivity index (χ1n) is 6.53. The van der Waals surface area contributed by atoms with Gasteiger partial charge in [0.2, 0.25) is 5.91 Å². The number of hydrogen-bond donors (Lipinski definition) is 1. The highest BCUT2D eigenvalue weighted by Crippen LogP contribution is 2.32. The first-order chi connectivity index (χ1) is 9.08. The van der Waals surface area contributed by atoms with Crippen LogP contribution in [0.15, 0.2) is 18.5 Å². The molecule has 0 aromatic carbocycles. The Bertz CT molecular complexity index is 444. The summed E-state index contributed by atoms with van der Waals surface area (Å²) >= 11 is 0. The van der Waals surface area contributed by atoms with Crippen LogP contribution in [0, 0.1) is 11.8 Å². The van der Waals surface area contributed by atoms with Crippen LogP contribution in [0.4, 0.5) is 0 Å². The molecule has 6 nitrogen and oxygen atoms in total. The number of carboxylic acids is 1. The predicted octanol–water partition coefficient (Wildman–Crippen LogP) is 0.842. The van der Waals surface area contributed by atoms with Gasteiger partial charge in [-0.2, -0.15) is 5.10 Å². The van der Waals surface area contributed by atoms with E-state index < -0.39 is 5.97 Å². The predicted molar refractivity (Wildman–Crippen MR) is 68.3 cm³/mol. The zero-order valence-electron chi connectivity index (χ0n) is 11.0. The van der Waals surface area contributed by atoms with Gasteiger partial charge in [-0.3, -0.25) is 14.3 Å². The number of hydrogen-bond acceptors (Lipinski definition) is 3. The van der Waals surface area contributed by atoms with Crippen LogP contribution in [0.1, 0.15) is 19.3 Å². The molecule has 104 valence electrons. The van der Waals surface area contributed by atoms with Crippen molar-refractivity contribution in [3.8, 4) is 0 Å². The van der Waals surface area contributed by atoms with Gasteiger partial charge in [0, 0.05) is 31.9 Å². The Labute approximate surface area is 112 Å². The third kappa shape index (κ3) is 3.33. The highest BCUT2D eigenvalue weighted by Gasteiger charge is 2.34. The fourth-order valence-corrected chi connectivity index (χ4v) is 2.54. The maximum atomic E-state index is 12.2. The quantitative estimate of drug-likeness (QED) is 0.856. The first kappa shape index (κ1) is 13.6. The number of aliphatic carboxylic acids is 1. The van der Waals surface area contributed by atoms with E-state index in [0.717, 1.165) is 0 Å². The number of nitrogens with zero attached hydrogens (tertiary/aromatic N) is 3. The van der Waals surface area contributed by atoms with Gasteiger partial charge in [0.05, 0.1) is 12.5 Å². The second kappa shape index (κ2) is 5.86. The third-order valence-corrected chi connectivity index (χ3v) is 3.73. The molecule has 2 atom stereocenters. The molecular weight excluding hydrogens is 246 g/mol. The Balaban J connectivity index is 1.81. The average molecular weight is 265 g/mol. The largest absolute Gasteiger partial charge is 0.481 e. The Morgan fingerprint density at radius 1 is 1.42 bits per heavy atom. The van der Waals surface area contributed by atoms with Crippen LogP contribution < -0.4 is 0 Å². The maximum absolute atomic E-state index is 12.2. The van der Waals surface area contributed by atoms with Gasteiger partial charge in [-0.25, -0.2) is 0 Å². The van der Waals surface area contributed by atoms with Crippen molar-refractivity contribution >= 4 is 11.9 Å². The number of carbonyl (C=O) groups is 2. The molecule has 1 aromatic rings. The summed E-state index contributed by atoms with van der Waals surface area (Å²) in [5.41, 5.74) is 0. The molecule has 0 radical (unpaired) electrons. The number of carboxylic acid groups (broad SMARTS) is 1. The summed E-state index contributed by atoms with van der Waals surface area (Å²) in [5, 5.41) is 13.0. The molecule has 1 saturated carbocycles. The monoisotopic (exact) mass is 265 g/mol. The van der Waals surface area contributed by atoms with Gasteiger partial charge in [0.15, 0.2) is 0 Å². The van der Waals surface area contributed by atoms with Crippen molar-refractivity contribution in [3.63, 3.8) is 0 Å². The normalized spacial score (nSPS) is 22.4. The molecule has 0 saturated heterocycles. The minimum Gasteiger partial charge on any atom is -0.481 e. The maximum Gasteiger partial charge on any atom is 0.306 e. The fourth-order valence-electron chi connectivity index (χ4n) is 2.54. The molecule has 0 spiro atoms. The van der Waals surface area contributed by atoms with Crippen molar-refractivity contribution in [3.05, 3.63) is 18.5 Å². The molecule has 1 N–H and O–H groups in total. The lowest BCUT2D eigenvalue weighted by molar-refractivity contribution is -0.141. The van der Waals surface area contributed by atoms with Crippen molar-refractivity contribution in [2.45, 2.75) is 25.8 Å². The van der Waals surface area contributed by atoms with Gasteiger partial charge in [-0.15, -0.1) is 0 Å². The minimum atomic E-state index is -0.783. The summed E-state index contributed by atoms with van der Waals surface area (Å²) in [6.07, 6.45) is 5.32. The molecule has 2 rings (SSSR count). The van der Waals surface area contributed by atoms with Gasteiger partial charge in [-0.05, 0) is 25.3 Å². The van der Waals surface area contributed by atoms with Crippen molar-refractivity contribution in [2.24, 2.45) is 11.8 Å². The van der Waals surface area contributed by atoms with Gasteiger partial charge >= 0.3 is 5.97 Å². The highest BCUT2D eigenvalue weighted by molar-refractivity contribution is 5.80. The molecule has 6 heteroatoms. The Morgan fingerprint density at radius 3 is 2.74 bits per heavy atom. The fraction of sp³-hybridized carbons (Fsp3) is 0.615. The summed E-state index contributed by atoms with van der Waals surface area (Å²) in [4.78, 5) is 24.7. The Kier molecular flexibility index (Phi) is 4.19. The van der Waals surface area contributed by atoms with Crippen molar-refractivity contribution in [1.29, 1.82) is 0 Å². The lowest BCUT2D eigenvalue weighted by atomic mass is 10.0. The summed E-state index contributed by atoms with van der Waals surface area (Å²) in [6, 6.07) is 1.84. The lowest BCUT2D eigenvalue weighted by Gasteiger charge is -2.21. The van der Waals surface area contributed by atoms with E-state index in [1.54, 1.807) is 22.8 Å². The van der Waals surface area contributed by atoms with Crippen molar-refractivity contribution in [1.82, 2.24) is 14.7 Å². The van der Waals surface area contributed by atoms with Gasteiger partial charge in [0.1, 0.15) is 0 Å². The van der Waals surface area contributed by atoms with E-state index in [1.807, 2.05) is 12.3 Å². The topological polar surface area (TPSA) is 75.4 Å². The third-order valence-electron chi connectivity index (χ3n) is 3.73. The molecule has 1 aliphatic carbocycles. The number of likely N-dealkylation sites (N-methyl/N-ethyl adjacent to an activating group) is 1. The molecule has 1 amide bonds. The van der Waals surface area contributed by atoms with Gasteiger partial charge in [0.25, 0.3) is 0 Å². The van der Waals surface area contributed by atoms with E-state index in [0.29, 0.717) is 32.4 Å². The molecule has 0 bridgehead atoms. The Morgan fingerprint density at radius 2 is 2.16 bits per heavy atom. The zero-order valence-corrected chi connectivity index (χ0v) is 11.0. The molecule has 1 aliphatic rings. The molecule has 1 heterocycles. The molecule has 1 aromatic heterocycles. The summed E-state index contributed by atoms with van der Waals surface area (Å²) < 4.78 is 1.78. The first-order valence-corrected chi connectivity index (χ1v) is 6.53. The number of aromatic nitrogens is 2. The number of rotatable bonds is 5. The van der Waals surface area contributed by atoms with Gasteiger partial charge < -0.3 is 10.0 Å². The SMILES string of the molecule is CN(CCn1cccn1)C(=O)[C@@H]1CC[C@H](C(=O)O)C1. The Hall–Kier alpha value is -1.85. The van der Waals surface area contributed by atoms with Crippen LogP contribution in [-0.4, -0.2) is 45.3 Å². The van der Waals surface area contributed by atoms with E-state index in [4.69, 9.17) is 5.11 Å². The molecule has 1 fully saturated rings. The minimum absolute atomic E-state index is 0.0518. The average Bonchev–Trinajstić information content (AvgIpc) is 3.05. The van der Waals surface area contributed by atoms with Crippen LogP contribution in [0.3, 0.4) is 0 Å². The summed E-state index contributed by atoms with van der Waals surface area (Å²) in [7, 11) is 1.76. The van der Waals surface area contributed by atoms with Crippen LogP contribution in [0.25, 0.3) is 0 Å². The number of carbonyl (C=O) groups excluding carboxylic acids is 1. The molecule has 0 aliphatic heterocycles. The summed E-state index contributed by atoms with van der Waals surface area (Å²) in [6.45, 7) is 1.25. The van der Waals surface area contributed by atoms with Crippen molar-refractivity contribution in [2.75, 3.05) is 13.6 Å². The van der Waals surface area contributed by atoms with E-state index in [2.05, 4.69) is 5.10 Å². The van der Waals surface area contributed by atoms with Crippen molar-refractivity contribution < 1.29 is 14.7 Å². The molecular formula is C13H19N3O3. The smallest absolute Gasteiger partial charge is 0.306 e. The second-order valence-corrected chi connectivity index (χ2v) is 5.07. The number of amides is 1.